The summed E-state index contributed by atoms with van der Waals surface area (Å²) >= 11 is 0. The van der Waals surface area contributed by atoms with Crippen LogP contribution in [0.4, 0.5) is 0 Å². The Labute approximate surface area is 99.3 Å². The number of aryl methyl sites for hydroxylation is 1. The standard InChI is InChI=1S/C11H17N3O3/c1-3-6-14-10(16)5-4-9(13-14)11(17)12-7-8(2)15/h4-5,8,15H,3,6-7H2,1-2H3,(H,12,17)/t8-/m1/s1. The van der Waals surface area contributed by atoms with Crippen molar-refractivity contribution >= 4 is 5.91 Å². The lowest BCUT2D eigenvalue weighted by Gasteiger charge is -2.08. The van der Waals surface area contributed by atoms with Crippen LogP contribution in [0.2, 0.25) is 0 Å². The number of carbonyl (C=O) groups excluding carboxylic acids is 1. The van der Waals surface area contributed by atoms with Crippen LogP contribution in [0.1, 0.15) is 30.8 Å². The lowest BCUT2D eigenvalue weighted by molar-refractivity contribution is 0.0916. The van der Waals surface area contributed by atoms with Crippen molar-refractivity contribution < 1.29 is 9.90 Å². The minimum absolute atomic E-state index is 0.160. The summed E-state index contributed by atoms with van der Waals surface area (Å²) < 4.78 is 1.26. The van der Waals surface area contributed by atoms with Crippen molar-refractivity contribution in [2.24, 2.45) is 0 Å². The van der Waals surface area contributed by atoms with E-state index in [9.17, 15) is 9.59 Å². The van der Waals surface area contributed by atoms with E-state index in [2.05, 4.69) is 10.4 Å². The zero-order valence-electron chi connectivity index (χ0n) is 10.0. The van der Waals surface area contributed by atoms with E-state index in [0.29, 0.717) is 6.54 Å². The van der Waals surface area contributed by atoms with Gasteiger partial charge in [0.2, 0.25) is 0 Å². The molecular weight excluding hydrogens is 222 g/mol. The maximum absolute atomic E-state index is 11.6. The average Bonchev–Trinajstić information content (AvgIpc) is 2.29. The molecule has 0 spiro atoms. The number of hydrogen-bond donors (Lipinski definition) is 2. The predicted molar refractivity (Wildman–Crippen MR) is 62.8 cm³/mol. The van der Waals surface area contributed by atoms with E-state index in [4.69, 9.17) is 5.11 Å². The lowest BCUT2D eigenvalue weighted by Crippen LogP contribution is -2.33. The molecule has 0 bridgehead atoms. The molecule has 0 fully saturated rings. The largest absolute Gasteiger partial charge is 0.392 e. The van der Waals surface area contributed by atoms with Crippen LogP contribution in [0.3, 0.4) is 0 Å². The molecule has 0 aromatic carbocycles. The first kappa shape index (κ1) is 13.4. The van der Waals surface area contributed by atoms with Crippen molar-refractivity contribution in [2.75, 3.05) is 6.54 Å². The summed E-state index contributed by atoms with van der Waals surface area (Å²) in [6.07, 6.45) is 0.159. The molecule has 0 aliphatic heterocycles. The monoisotopic (exact) mass is 239 g/mol. The van der Waals surface area contributed by atoms with Crippen LogP contribution in [0, 0.1) is 0 Å². The van der Waals surface area contributed by atoms with Crippen LogP contribution in [0.5, 0.6) is 0 Å². The number of aliphatic hydroxyl groups is 1. The summed E-state index contributed by atoms with van der Waals surface area (Å²) in [6.45, 7) is 4.14. The Morgan fingerprint density at radius 1 is 1.59 bits per heavy atom. The topological polar surface area (TPSA) is 84.2 Å². The van der Waals surface area contributed by atoms with E-state index < -0.39 is 12.0 Å². The maximum atomic E-state index is 11.6. The molecule has 1 atom stereocenters. The number of rotatable bonds is 5. The number of hydrogen-bond acceptors (Lipinski definition) is 4. The second-order valence-electron chi connectivity index (χ2n) is 3.84. The van der Waals surface area contributed by atoms with Crippen LogP contribution < -0.4 is 10.9 Å². The third kappa shape index (κ3) is 3.99. The highest BCUT2D eigenvalue weighted by Gasteiger charge is 2.09. The molecule has 1 aromatic rings. The molecular formula is C11H17N3O3. The van der Waals surface area contributed by atoms with E-state index in [1.165, 1.54) is 16.8 Å². The quantitative estimate of drug-likeness (QED) is 0.743. The fourth-order valence-electron chi connectivity index (χ4n) is 1.27. The van der Waals surface area contributed by atoms with E-state index in [1.807, 2.05) is 6.92 Å². The van der Waals surface area contributed by atoms with E-state index in [-0.39, 0.29) is 17.8 Å². The molecule has 1 aromatic heterocycles. The molecule has 0 saturated carbocycles. The molecule has 1 heterocycles. The van der Waals surface area contributed by atoms with E-state index in [1.54, 1.807) is 6.92 Å². The third-order valence-corrected chi connectivity index (χ3v) is 2.09. The van der Waals surface area contributed by atoms with Gasteiger partial charge >= 0.3 is 0 Å². The Bertz CT molecular complexity index is 440. The minimum Gasteiger partial charge on any atom is -0.392 e. The second kappa shape index (κ2) is 6.15. The normalized spacial score (nSPS) is 12.2. The SMILES string of the molecule is CCCn1nc(C(=O)NC[C@@H](C)O)ccc1=O. The molecule has 94 valence electrons. The van der Waals surface area contributed by atoms with Crippen molar-refractivity contribution in [1.82, 2.24) is 15.1 Å². The predicted octanol–water partition coefficient (Wildman–Crippen LogP) is -0.236. The lowest BCUT2D eigenvalue weighted by atomic mass is 10.3. The first-order valence-electron chi connectivity index (χ1n) is 5.59. The highest BCUT2D eigenvalue weighted by molar-refractivity contribution is 5.91. The fourth-order valence-corrected chi connectivity index (χ4v) is 1.27. The Morgan fingerprint density at radius 3 is 2.88 bits per heavy atom. The molecule has 0 aliphatic rings. The van der Waals surface area contributed by atoms with Gasteiger partial charge in [-0.15, -0.1) is 0 Å². The molecule has 0 unspecified atom stereocenters. The average molecular weight is 239 g/mol. The van der Waals surface area contributed by atoms with Gasteiger partial charge in [-0.05, 0) is 19.4 Å². The molecule has 0 aliphatic carbocycles. The van der Waals surface area contributed by atoms with Crippen LogP contribution in [0.15, 0.2) is 16.9 Å². The van der Waals surface area contributed by atoms with Crippen LogP contribution >= 0.6 is 0 Å². The molecule has 2 N–H and O–H groups in total. The van der Waals surface area contributed by atoms with Gasteiger partial charge in [-0.3, -0.25) is 9.59 Å². The molecule has 1 amide bonds. The summed E-state index contributed by atoms with van der Waals surface area (Å²) in [5.41, 5.74) is -0.0439. The van der Waals surface area contributed by atoms with E-state index >= 15 is 0 Å². The minimum atomic E-state index is -0.611. The van der Waals surface area contributed by atoms with Gasteiger partial charge in [0, 0.05) is 19.2 Å². The summed E-state index contributed by atoms with van der Waals surface area (Å²) in [5, 5.41) is 15.5. The molecule has 1 rings (SSSR count). The maximum Gasteiger partial charge on any atom is 0.271 e. The van der Waals surface area contributed by atoms with E-state index in [0.717, 1.165) is 6.42 Å². The summed E-state index contributed by atoms with van der Waals surface area (Å²) in [7, 11) is 0. The van der Waals surface area contributed by atoms with Gasteiger partial charge in [-0.1, -0.05) is 6.92 Å². The number of aliphatic hydroxyl groups excluding tert-OH is 1. The Hall–Kier alpha value is -1.69. The number of carbonyl (C=O) groups is 1. The van der Waals surface area contributed by atoms with Gasteiger partial charge in [0.05, 0.1) is 6.10 Å². The Balaban J connectivity index is 2.80. The number of amides is 1. The van der Waals surface area contributed by atoms with Gasteiger partial charge in [0.1, 0.15) is 5.69 Å². The number of nitrogens with zero attached hydrogens (tertiary/aromatic N) is 2. The molecule has 6 heteroatoms. The van der Waals surface area contributed by atoms with Gasteiger partial charge in [0.25, 0.3) is 11.5 Å². The number of nitrogens with one attached hydrogen (secondary N) is 1. The van der Waals surface area contributed by atoms with Gasteiger partial charge < -0.3 is 10.4 Å². The zero-order valence-corrected chi connectivity index (χ0v) is 10.0. The van der Waals surface area contributed by atoms with Gasteiger partial charge in [-0.2, -0.15) is 5.10 Å². The molecule has 17 heavy (non-hydrogen) atoms. The third-order valence-electron chi connectivity index (χ3n) is 2.09. The van der Waals surface area contributed by atoms with Crippen molar-refractivity contribution in [2.45, 2.75) is 32.9 Å². The van der Waals surface area contributed by atoms with Gasteiger partial charge in [-0.25, -0.2) is 4.68 Å². The summed E-state index contributed by atoms with van der Waals surface area (Å²) in [6, 6.07) is 2.70. The van der Waals surface area contributed by atoms with Gasteiger partial charge in [0.15, 0.2) is 0 Å². The second-order valence-corrected chi connectivity index (χ2v) is 3.84. The highest BCUT2D eigenvalue weighted by Crippen LogP contribution is 1.92. The summed E-state index contributed by atoms with van der Waals surface area (Å²) in [4.78, 5) is 23.0. The first-order valence-corrected chi connectivity index (χ1v) is 5.59. The zero-order chi connectivity index (χ0) is 12.8. The molecule has 0 saturated heterocycles. The van der Waals surface area contributed by atoms with Crippen molar-refractivity contribution in [1.29, 1.82) is 0 Å². The van der Waals surface area contributed by atoms with Crippen LogP contribution in [-0.4, -0.2) is 33.4 Å². The highest BCUT2D eigenvalue weighted by atomic mass is 16.3. The van der Waals surface area contributed by atoms with Crippen LogP contribution in [-0.2, 0) is 6.54 Å². The molecule has 6 nitrogen and oxygen atoms in total. The summed E-state index contributed by atoms with van der Waals surface area (Å²) in [5.74, 6) is -0.393. The van der Waals surface area contributed by atoms with Crippen molar-refractivity contribution in [3.05, 3.63) is 28.2 Å². The first-order chi connectivity index (χ1) is 8.04. The van der Waals surface area contributed by atoms with Crippen LogP contribution in [0.25, 0.3) is 0 Å². The Morgan fingerprint density at radius 2 is 2.29 bits per heavy atom. The fraction of sp³-hybridized carbons (Fsp3) is 0.545. The molecule has 0 radical (unpaired) electrons. The number of aromatic nitrogens is 2. The van der Waals surface area contributed by atoms with Crippen molar-refractivity contribution in [3.63, 3.8) is 0 Å². The van der Waals surface area contributed by atoms with Crippen molar-refractivity contribution in [3.8, 4) is 0 Å². The smallest absolute Gasteiger partial charge is 0.271 e. The Kier molecular flexibility index (Phi) is 4.84.